The maximum Gasteiger partial charge on any atom is 0.264 e. The number of aromatic nitrogens is 3. The van der Waals surface area contributed by atoms with Gasteiger partial charge in [-0.3, -0.25) is 9.36 Å². The van der Waals surface area contributed by atoms with Gasteiger partial charge in [0.1, 0.15) is 18.0 Å². The predicted octanol–water partition coefficient (Wildman–Crippen LogP) is 5.90. The highest BCUT2D eigenvalue weighted by molar-refractivity contribution is 6.35. The summed E-state index contributed by atoms with van der Waals surface area (Å²) in [6.07, 6.45) is 1.39. The Bertz CT molecular complexity index is 1520. The molecule has 0 fully saturated rings. The van der Waals surface area contributed by atoms with Crippen LogP contribution in [0, 0.1) is 5.82 Å². The second-order valence-electron chi connectivity index (χ2n) is 7.50. The summed E-state index contributed by atoms with van der Waals surface area (Å²) in [5, 5.41) is 5.70. The first-order chi connectivity index (χ1) is 15.5. The third-order valence-corrected chi connectivity index (χ3v) is 5.75. The zero-order valence-electron chi connectivity index (χ0n) is 17.1. The Kier molecular flexibility index (Phi) is 5.07. The Balaban J connectivity index is 1.69. The van der Waals surface area contributed by atoms with Crippen LogP contribution in [0.5, 0.6) is 0 Å². The summed E-state index contributed by atoms with van der Waals surface area (Å²) >= 11 is 6.39. The molecule has 0 saturated carbocycles. The van der Waals surface area contributed by atoms with Crippen LogP contribution in [-0.4, -0.2) is 14.5 Å². The van der Waals surface area contributed by atoms with E-state index in [2.05, 4.69) is 15.3 Å². The van der Waals surface area contributed by atoms with Gasteiger partial charge in [0, 0.05) is 22.8 Å². The molecule has 0 radical (unpaired) electrons. The van der Waals surface area contributed by atoms with Crippen LogP contribution in [-0.2, 0) is 0 Å². The molecule has 0 bridgehead atoms. The molecule has 1 atom stereocenters. The van der Waals surface area contributed by atoms with Crippen LogP contribution >= 0.6 is 11.6 Å². The average Bonchev–Trinajstić information content (AvgIpc) is 2.79. The number of fused-ring (bicyclic) bond motifs is 2. The highest BCUT2D eigenvalue weighted by atomic mass is 35.5. The number of anilines is 1. The van der Waals surface area contributed by atoms with Crippen LogP contribution in [0.4, 0.5) is 10.2 Å². The molecule has 0 aliphatic carbocycles. The summed E-state index contributed by atoms with van der Waals surface area (Å²) < 4.78 is 15.3. The second kappa shape index (κ2) is 8.05. The molecule has 158 valence electrons. The number of hydrogen-bond acceptors (Lipinski definition) is 4. The van der Waals surface area contributed by atoms with Crippen molar-refractivity contribution in [3.63, 3.8) is 0 Å². The van der Waals surface area contributed by atoms with E-state index in [1.165, 1.54) is 18.5 Å². The molecule has 32 heavy (non-hydrogen) atoms. The van der Waals surface area contributed by atoms with E-state index < -0.39 is 0 Å². The van der Waals surface area contributed by atoms with Crippen molar-refractivity contribution < 1.29 is 4.39 Å². The van der Waals surface area contributed by atoms with Crippen LogP contribution in [0.25, 0.3) is 27.4 Å². The molecule has 0 saturated heterocycles. The Morgan fingerprint density at radius 3 is 2.62 bits per heavy atom. The van der Waals surface area contributed by atoms with E-state index in [0.29, 0.717) is 27.1 Å². The van der Waals surface area contributed by atoms with E-state index >= 15 is 0 Å². The molecule has 7 heteroatoms. The van der Waals surface area contributed by atoms with Crippen molar-refractivity contribution in [1.82, 2.24) is 14.5 Å². The van der Waals surface area contributed by atoms with Crippen molar-refractivity contribution in [3.8, 4) is 5.69 Å². The smallest absolute Gasteiger partial charge is 0.264 e. The normalized spacial score (nSPS) is 12.2. The highest BCUT2D eigenvalue weighted by Gasteiger charge is 2.19. The Morgan fingerprint density at radius 2 is 1.81 bits per heavy atom. The lowest BCUT2D eigenvalue weighted by molar-refractivity contribution is 0.629. The van der Waals surface area contributed by atoms with E-state index in [4.69, 9.17) is 11.6 Å². The number of pyridine rings is 1. The average molecular weight is 445 g/mol. The second-order valence-corrected chi connectivity index (χ2v) is 7.91. The molecule has 2 aromatic heterocycles. The fraction of sp³-hybridized carbons (Fsp3) is 0.0800. The fourth-order valence-electron chi connectivity index (χ4n) is 3.93. The van der Waals surface area contributed by atoms with E-state index in [9.17, 15) is 9.18 Å². The summed E-state index contributed by atoms with van der Waals surface area (Å²) in [7, 11) is 0. The van der Waals surface area contributed by atoms with Crippen LogP contribution in [0.15, 0.2) is 83.9 Å². The quantitative estimate of drug-likeness (QED) is 0.375. The lowest BCUT2D eigenvalue weighted by Gasteiger charge is -2.22. The van der Waals surface area contributed by atoms with Crippen molar-refractivity contribution in [2.75, 3.05) is 5.32 Å². The summed E-state index contributed by atoms with van der Waals surface area (Å²) in [6.45, 7) is 1.95. The zero-order chi connectivity index (χ0) is 22.2. The standard InChI is InChI=1S/C25H18ClFN4O/c1-15(30-24-19-11-10-17(27)13-21(19)28-14-29-24)22-12-16-6-5-9-20(26)23(16)25(32)31(22)18-7-3-2-4-8-18/h2-15H,1H3,(H,28,29,30)/t15-/m0/s1. The Hall–Kier alpha value is -3.77. The summed E-state index contributed by atoms with van der Waals surface area (Å²) in [5.74, 6) is 0.195. The maximum atomic E-state index is 13.6. The first-order valence-corrected chi connectivity index (χ1v) is 10.5. The molecule has 0 amide bonds. The van der Waals surface area contributed by atoms with Crippen molar-refractivity contribution in [2.45, 2.75) is 13.0 Å². The van der Waals surface area contributed by atoms with Gasteiger partial charge in [-0.1, -0.05) is 41.9 Å². The Morgan fingerprint density at radius 1 is 1.00 bits per heavy atom. The predicted molar refractivity (Wildman–Crippen MR) is 126 cm³/mol. The van der Waals surface area contributed by atoms with Gasteiger partial charge in [-0.25, -0.2) is 14.4 Å². The van der Waals surface area contributed by atoms with Gasteiger partial charge in [-0.05, 0) is 48.7 Å². The van der Waals surface area contributed by atoms with E-state index in [0.717, 1.165) is 16.8 Å². The molecular formula is C25H18ClFN4O. The minimum Gasteiger partial charge on any atom is -0.361 e. The van der Waals surface area contributed by atoms with E-state index in [1.807, 2.05) is 55.5 Å². The molecular weight excluding hydrogens is 427 g/mol. The number of benzene rings is 3. The lowest BCUT2D eigenvalue weighted by atomic mass is 10.1. The fourth-order valence-corrected chi connectivity index (χ4v) is 4.19. The number of nitrogens with zero attached hydrogens (tertiary/aromatic N) is 3. The Labute approximate surface area is 188 Å². The van der Waals surface area contributed by atoms with Gasteiger partial charge in [-0.2, -0.15) is 0 Å². The first kappa shape index (κ1) is 20.2. The van der Waals surface area contributed by atoms with Crippen molar-refractivity contribution in [1.29, 1.82) is 0 Å². The number of rotatable bonds is 4. The van der Waals surface area contributed by atoms with E-state index in [-0.39, 0.29) is 17.4 Å². The van der Waals surface area contributed by atoms with Crippen molar-refractivity contribution >= 4 is 39.1 Å². The van der Waals surface area contributed by atoms with Crippen molar-refractivity contribution in [3.05, 3.63) is 106 Å². The molecule has 2 heterocycles. The number of halogens is 2. The summed E-state index contributed by atoms with van der Waals surface area (Å²) in [4.78, 5) is 22.1. The van der Waals surface area contributed by atoms with Gasteiger partial charge in [0.05, 0.1) is 22.0 Å². The third kappa shape index (κ3) is 3.48. The largest absolute Gasteiger partial charge is 0.361 e. The van der Waals surface area contributed by atoms with E-state index in [1.54, 1.807) is 16.7 Å². The van der Waals surface area contributed by atoms with Gasteiger partial charge in [0.2, 0.25) is 0 Å². The first-order valence-electron chi connectivity index (χ1n) is 10.1. The van der Waals surface area contributed by atoms with Gasteiger partial charge in [0.15, 0.2) is 0 Å². The van der Waals surface area contributed by atoms with Gasteiger partial charge in [-0.15, -0.1) is 0 Å². The maximum absolute atomic E-state index is 13.6. The minimum absolute atomic E-state index is 0.197. The highest BCUT2D eigenvalue weighted by Crippen LogP contribution is 2.28. The molecule has 1 N–H and O–H groups in total. The molecule has 0 unspecified atom stereocenters. The van der Waals surface area contributed by atoms with Crippen LogP contribution < -0.4 is 10.9 Å². The van der Waals surface area contributed by atoms with Crippen LogP contribution in [0.2, 0.25) is 5.02 Å². The zero-order valence-corrected chi connectivity index (χ0v) is 17.8. The molecule has 5 rings (SSSR count). The molecule has 0 aliphatic heterocycles. The molecule has 5 nitrogen and oxygen atoms in total. The topological polar surface area (TPSA) is 59.8 Å². The minimum atomic E-state index is -0.362. The number of hydrogen-bond donors (Lipinski definition) is 1. The van der Waals surface area contributed by atoms with Gasteiger partial charge >= 0.3 is 0 Å². The monoisotopic (exact) mass is 444 g/mol. The van der Waals surface area contributed by atoms with Gasteiger partial charge in [0.25, 0.3) is 5.56 Å². The SMILES string of the molecule is C[C@H](Nc1ncnc2cc(F)ccc12)c1cc2cccc(Cl)c2c(=O)n1-c1ccccc1. The molecule has 0 aliphatic rings. The molecule has 3 aromatic carbocycles. The van der Waals surface area contributed by atoms with Crippen LogP contribution in [0.1, 0.15) is 18.7 Å². The third-order valence-electron chi connectivity index (χ3n) is 5.43. The van der Waals surface area contributed by atoms with Crippen LogP contribution in [0.3, 0.4) is 0 Å². The molecule has 5 aromatic rings. The van der Waals surface area contributed by atoms with Gasteiger partial charge < -0.3 is 5.32 Å². The number of para-hydroxylation sites is 1. The lowest BCUT2D eigenvalue weighted by Crippen LogP contribution is -2.25. The number of nitrogens with one attached hydrogen (secondary N) is 1. The van der Waals surface area contributed by atoms with Crippen molar-refractivity contribution in [2.24, 2.45) is 0 Å². The summed E-state index contributed by atoms with van der Waals surface area (Å²) in [6, 6.07) is 20.9. The molecule has 0 spiro atoms. The summed E-state index contributed by atoms with van der Waals surface area (Å²) in [5.41, 5.74) is 1.78.